The van der Waals surface area contributed by atoms with Crippen LogP contribution in [0, 0.1) is 0 Å². The summed E-state index contributed by atoms with van der Waals surface area (Å²) in [5.74, 6) is -1.72. The number of carboxylic acids is 1. The molecule has 5 nitrogen and oxygen atoms in total. The van der Waals surface area contributed by atoms with E-state index in [0.717, 1.165) is 0 Å². The van der Waals surface area contributed by atoms with Gasteiger partial charge in [-0.05, 0) is 24.3 Å². The number of rotatable bonds is 5. The molecule has 0 unspecified atom stereocenters. The van der Waals surface area contributed by atoms with Crippen LogP contribution in [0.4, 0.5) is 0 Å². The monoisotopic (exact) mass is 234 g/mol. The summed E-state index contributed by atoms with van der Waals surface area (Å²) in [5.41, 5.74) is 0.311. The molecule has 88 valence electrons. The van der Waals surface area contributed by atoms with Crippen LogP contribution in [0.1, 0.15) is 16.8 Å². The number of esters is 1. The topological polar surface area (TPSA) is 80.7 Å². The van der Waals surface area contributed by atoms with Crippen molar-refractivity contribution in [1.29, 1.82) is 0 Å². The van der Waals surface area contributed by atoms with Crippen LogP contribution in [0.25, 0.3) is 0 Å². The molecule has 5 heteroatoms. The van der Waals surface area contributed by atoms with Crippen LogP contribution in [0.15, 0.2) is 36.4 Å². The van der Waals surface area contributed by atoms with Gasteiger partial charge in [0.15, 0.2) is 0 Å². The van der Waals surface area contributed by atoms with Crippen molar-refractivity contribution >= 4 is 18.2 Å². The maximum absolute atomic E-state index is 11.3. The number of hydrogen-bond acceptors (Lipinski definition) is 4. The number of carbonyl (C=O) groups is 3. The number of aldehydes is 1. The second kappa shape index (κ2) is 5.60. The van der Waals surface area contributed by atoms with Gasteiger partial charge < -0.3 is 9.84 Å². The summed E-state index contributed by atoms with van der Waals surface area (Å²) in [5, 5.41) is 8.46. The lowest BCUT2D eigenvalue weighted by atomic mass is 10.2. The van der Waals surface area contributed by atoms with Gasteiger partial charge in [-0.2, -0.15) is 0 Å². The summed E-state index contributed by atoms with van der Waals surface area (Å²) >= 11 is 0. The van der Waals surface area contributed by atoms with Gasteiger partial charge in [-0.1, -0.05) is 6.58 Å². The van der Waals surface area contributed by atoms with E-state index in [-0.39, 0.29) is 11.3 Å². The maximum Gasteiger partial charge on any atom is 0.339 e. The van der Waals surface area contributed by atoms with E-state index in [0.29, 0.717) is 11.8 Å². The zero-order valence-electron chi connectivity index (χ0n) is 8.88. The molecule has 0 atom stereocenters. The molecule has 0 saturated carbocycles. The highest BCUT2D eigenvalue weighted by Gasteiger charge is 2.13. The van der Waals surface area contributed by atoms with Gasteiger partial charge in [-0.25, -0.2) is 4.79 Å². The second-order valence-corrected chi connectivity index (χ2v) is 3.25. The van der Waals surface area contributed by atoms with Gasteiger partial charge in [0.05, 0.1) is 6.42 Å². The SMILES string of the molecule is C=C(CC(=O)O)C(=O)Oc1ccc(C=O)cc1. The van der Waals surface area contributed by atoms with Crippen molar-refractivity contribution in [3.05, 3.63) is 42.0 Å². The van der Waals surface area contributed by atoms with Gasteiger partial charge in [0, 0.05) is 11.1 Å². The highest BCUT2D eigenvalue weighted by atomic mass is 16.5. The zero-order chi connectivity index (χ0) is 12.8. The normalized spacial score (nSPS) is 9.41. The van der Waals surface area contributed by atoms with Crippen molar-refractivity contribution in [2.45, 2.75) is 6.42 Å². The van der Waals surface area contributed by atoms with E-state index < -0.39 is 18.4 Å². The summed E-state index contributed by atoms with van der Waals surface area (Å²) in [6.07, 6.45) is 0.195. The molecule has 1 N–H and O–H groups in total. The fraction of sp³-hybridized carbons (Fsp3) is 0.0833. The van der Waals surface area contributed by atoms with E-state index in [1.165, 1.54) is 24.3 Å². The highest BCUT2D eigenvalue weighted by molar-refractivity contribution is 5.94. The fourth-order valence-electron chi connectivity index (χ4n) is 1.05. The van der Waals surface area contributed by atoms with Crippen LogP contribution in [0.2, 0.25) is 0 Å². The van der Waals surface area contributed by atoms with Crippen LogP contribution in [0.5, 0.6) is 5.75 Å². The molecule has 1 rings (SSSR count). The highest BCUT2D eigenvalue weighted by Crippen LogP contribution is 2.13. The van der Waals surface area contributed by atoms with Gasteiger partial charge in [-0.15, -0.1) is 0 Å². The first-order chi connectivity index (χ1) is 8.02. The molecule has 0 fully saturated rings. The zero-order valence-corrected chi connectivity index (χ0v) is 8.88. The van der Waals surface area contributed by atoms with E-state index in [2.05, 4.69) is 6.58 Å². The molecule has 0 amide bonds. The average molecular weight is 234 g/mol. The van der Waals surface area contributed by atoms with Crippen LogP contribution in [0.3, 0.4) is 0 Å². The lowest BCUT2D eigenvalue weighted by Crippen LogP contribution is -2.13. The molecule has 0 spiro atoms. The molecule has 0 heterocycles. The first kappa shape index (κ1) is 12.6. The Hall–Kier alpha value is -2.43. The van der Waals surface area contributed by atoms with Crippen molar-refractivity contribution in [3.8, 4) is 5.75 Å². The Balaban J connectivity index is 2.64. The van der Waals surface area contributed by atoms with E-state index in [1.54, 1.807) is 0 Å². The standard InChI is InChI=1S/C12H10O5/c1-8(6-11(14)15)12(16)17-10-4-2-9(7-13)3-5-10/h2-5,7H,1,6H2,(H,14,15). The predicted octanol–water partition coefficient (Wildman–Crippen LogP) is 1.44. The Morgan fingerprint density at radius 2 is 1.88 bits per heavy atom. The van der Waals surface area contributed by atoms with Crippen LogP contribution >= 0.6 is 0 Å². The Morgan fingerprint density at radius 3 is 2.35 bits per heavy atom. The number of benzene rings is 1. The molecule has 17 heavy (non-hydrogen) atoms. The minimum Gasteiger partial charge on any atom is -0.481 e. The van der Waals surface area contributed by atoms with Crippen molar-refractivity contribution in [3.63, 3.8) is 0 Å². The van der Waals surface area contributed by atoms with Crippen LogP contribution in [-0.4, -0.2) is 23.3 Å². The van der Waals surface area contributed by atoms with Crippen molar-refractivity contribution in [2.24, 2.45) is 0 Å². The smallest absolute Gasteiger partial charge is 0.339 e. The van der Waals surface area contributed by atoms with Crippen LogP contribution < -0.4 is 4.74 Å². The average Bonchev–Trinajstić information content (AvgIpc) is 2.29. The van der Waals surface area contributed by atoms with Gasteiger partial charge in [0.1, 0.15) is 12.0 Å². The van der Waals surface area contributed by atoms with E-state index in [9.17, 15) is 14.4 Å². The molecule has 0 saturated heterocycles. The van der Waals surface area contributed by atoms with Gasteiger partial charge in [0.25, 0.3) is 0 Å². The lowest BCUT2D eigenvalue weighted by Gasteiger charge is -2.04. The summed E-state index contributed by atoms with van der Waals surface area (Å²) in [4.78, 5) is 32.1. The van der Waals surface area contributed by atoms with Gasteiger partial charge in [-0.3, -0.25) is 9.59 Å². The molecule has 0 aliphatic carbocycles. The maximum atomic E-state index is 11.3. The second-order valence-electron chi connectivity index (χ2n) is 3.25. The molecule has 0 aliphatic rings. The van der Waals surface area contributed by atoms with Gasteiger partial charge >= 0.3 is 11.9 Å². The minimum absolute atomic E-state index is 0.142. The van der Waals surface area contributed by atoms with Crippen molar-refractivity contribution in [2.75, 3.05) is 0 Å². The first-order valence-corrected chi connectivity index (χ1v) is 4.70. The van der Waals surface area contributed by atoms with E-state index in [1.807, 2.05) is 0 Å². The first-order valence-electron chi connectivity index (χ1n) is 4.70. The molecule has 0 aromatic heterocycles. The summed E-state index contributed by atoms with van der Waals surface area (Å²) in [7, 11) is 0. The number of hydrogen-bond donors (Lipinski definition) is 1. The lowest BCUT2D eigenvalue weighted by molar-refractivity contribution is -0.138. The third-order valence-electron chi connectivity index (χ3n) is 1.88. The third-order valence-corrected chi connectivity index (χ3v) is 1.88. The minimum atomic E-state index is -1.15. The number of carbonyl (C=O) groups excluding carboxylic acids is 2. The largest absolute Gasteiger partial charge is 0.481 e. The Kier molecular flexibility index (Phi) is 4.16. The van der Waals surface area contributed by atoms with E-state index in [4.69, 9.17) is 9.84 Å². The molecule has 1 aromatic carbocycles. The summed E-state index contributed by atoms with van der Waals surface area (Å²) in [6, 6.07) is 5.84. The number of aliphatic carboxylic acids is 1. The quantitative estimate of drug-likeness (QED) is 0.361. The fourth-order valence-corrected chi connectivity index (χ4v) is 1.05. The van der Waals surface area contributed by atoms with Crippen molar-refractivity contribution < 1.29 is 24.2 Å². The molecular weight excluding hydrogens is 224 g/mol. The Labute approximate surface area is 97.3 Å². The predicted molar refractivity (Wildman–Crippen MR) is 58.9 cm³/mol. The van der Waals surface area contributed by atoms with Crippen LogP contribution in [-0.2, 0) is 9.59 Å². The summed E-state index contributed by atoms with van der Waals surface area (Å²) < 4.78 is 4.86. The van der Waals surface area contributed by atoms with E-state index >= 15 is 0 Å². The Morgan fingerprint density at radius 1 is 1.29 bits per heavy atom. The molecule has 0 radical (unpaired) electrons. The molecule has 0 aliphatic heterocycles. The third kappa shape index (κ3) is 3.90. The summed E-state index contributed by atoms with van der Waals surface area (Å²) in [6.45, 7) is 3.31. The Bertz CT molecular complexity index is 458. The molecule has 1 aromatic rings. The molecular formula is C12H10O5. The van der Waals surface area contributed by atoms with Gasteiger partial charge in [0.2, 0.25) is 0 Å². The van der Waals surface area contributed by atoms with Crippen molar-refractivity contribution in [1.82, 2.24) is 0 Å². The number of ether oxygens (including phenoxy) is 1. The number of carboxylic acid groups (broad SMARTS) is 1. The molecule has 0 bridgehead atoms.